The molecule has 0 aliphatic rings. The molecule has 0 aliphatic heterocycles. The van der Waals surface area contributed by atoms with Gasteiger partial charge in [-0.2, -0.15) is 0 Å². The predicted octanol–water partition coefficient (Wildman–Crippen LogP) is 4.82. The Bertz CT molecular complexity index is 641. The van der Waals surface area contributed by atoms with Crippen molar-refractivity contribution in [1.82, 2.24) is 0 Å². The molecule has 0 saturated carbocycles. The number of aryl methyl sites for hydroxylation is 2. The highest BCUT2D eigenvalue weighted by Gasteiger charge is 2.10. The summed E-state index contributed by atoms with van der Waals surface area (Å²) in [6.07, 6.45) is -0.624. The van der Waals surface area contributed by atoms with E-state index in [0.29, 0.717) is 15.9 Å². The zero-order valence-corrected chi connectivity index (χ0v) is 12.6. The summed E-state index contributed by atoms with van der Waals surface area (Å²) >= 11 is 3.35. The first-order valence-electron chi connectivity index (χ1n) is 5.97. The van der Waals surface area contributed by atoms with Crippen LogP contribution >= 0.6 is 15.9 Å². The maximum Gasteiger partial charge on any atom is 0.417 e. The number of nitrogens with one attached hydrogen (secondary N) is 1. The molecular formula is C15H13BrFNO2. The number of amides is 1. The molecular weight excluding hydrogens is 325 g/mol. The van der Waals surface area contributed by atoms with Gasteiger partial charge in [0.25, 0.3) is 0 Å². The lowest BCUT2D eigenvalue weighted by atomic mass is 10.1. The molecule has 2 rings (SSSR count). The van der Waals surface area contributed by atoms with E-state index in [1.54, 1.807) is 6.07 Å². The van der Waals surface area contributed by atoms with Gasteiger partial charge < -0.3 is 4.74 Å². The Morgan fingerprint density at radius 3 is 2.40 bits per heavy atom. The van der Waals surface area contributed by atoms with Gasteiger partial charge in [-0.15, -0.1) is 0 Å². The number of benzene rings is 2. The second-order valence-electron chi connectivity index (χ2n) is 4.39. The van der Waals surface area contributed by atoms with Crippen LogP contribution in [-0.2, 0) is 0 Å². The van der Waals surface area contributed by atoms with Crippen LogP contribution in [-0.4, -0.2) is 6.09 Å². The van der Waals surface area contributed by atoms with Crippen LogP contribution in [0.1, 0.15) is 11.1 Å². The highest BCUT2D eigenvalue weighted by molar-refractivity contribution is 9.10. The Morgan fingerprint density at radius 1 is 1.15 bits per heavy atom. The smallest absolute Gasteiger partial charge is 0.409 e. The molecule has 0 bridgehead atoms. The van der Waals surface area contributed by atoms with Crippen LogP contribution in [0.25, 0.3) is 0 Å². The summed E-state index contributed by atoms with van der Waals surface area (Å²) in [5, 5.41) is 2.53. The monoisotopic (exact) mass is 337 g/mol. The molecule has 5 heteroatoms. The van der Waals surface area contributed by atoms with Crippen molar-refractivity contribution in [3.05, 3.63) is 57.8 Å². The lowest BCUT2D eigenvalue weighted by Gasteiger charge is -2.10. The lowest BCUT2D eigenvalue weighted by Crippen LogP contribution is -2.17. The van der Waals surface area contributed by atoms with Crippen LogP contribution in [0.3, 0.4) is 0 Å². The van der Waals surface area contributed by atoms with Crippen molar-refractivity contribution in [3.8, 4) is 5.75 Å². The SMILES string of the molecule is Cc1cc(Br)c(OC(=O)Nc2ccc(F)cc2)cc1C. The number of hydrogen-bond donors (Lipinski definition) is 1. The van der Waals surface area contributed by atoms with Crippen molar-refractivity contribution in [1.29, 1.82) is 0 Å². The topological polar surface area (TPSA) is 38.3 Å². The Hall–Kier alpha value is -1.88. The second kappa shape index (κ2) is 6.05. The fourth-order valence-electron chi connectivity index (χ4n) is 1.61. The van der Waals surface area contributed by atoms with Crippen LogP contribution < -0.4 is 10.1 Å². The average molecular weight is 338 g/mol. The van der Waals surface area contributed by atoms with Crippen LogP contribution in [0.5, 0.6) is 5.75 Å². The highest BCUT2D eigenvalue weighted by Crippen LogP contribution is 2.28. The molecule has 3 nitrogen and oxygen atoms in total. The molecule has 104 valence electrons. The number of halogens is 2. The minimum Gasteiger partial charge on any atom is -0.409 e. The van der Waals surface area contributed by atoms with E-state index in [-0.39, 0.29) is 5.82 Å². The number of carbonyl (C=O) groups excluding carboxylic acids is 1. The van der Waals surface area contributed by atoms with Crippen molar-refractivity contribution in [2.75, 3.05) is 5.32 Å². The molecule has 0 spiro atoms. The zero-order valence-electron chi connectivity index (χ0n) is 11.0. The summed E-state index contributed by atoms with van der Waals surface area (Å²) in [5.74, 6) is 0.0773. The van der Waals surface area contributed by atoms with Gasteiger partial charge in [0, 0.05) is 5.69 Å². The van der Waals surface area contributed by atoms with E-state index in [1.165, 1.54) is 24.3 Å². The third kappa shape index (κ3) is 3.57. The fourth-order valence-corrected chi connectivity index (χ4v) is 2.15. The van der Waals surface area contributed by atoms with E-state index in [1.807, 2.05) is 19.9 Å². The first kappa shape index (κ1) is 14.5. The standard InChI is InChI=1S/C15H13BrFNO2/c1-9-7-13(16)14(8-10(9)2)20-15(19)18-12-5-3-11(17)4-6-12/h3-8H,1-2H3,(H,18,19). The number of anilines is 1. The minimum atomic E-state index is -0.624. The molecule has 1 amide bonds. The number of rotatable bonds is 2. The molecule has 0 heterocycles. The molecule has 0 unspecified atom stereocenters. The Kier molecular flexibility index (Phi) is 4.39. The Morgan fingerprint density at radius 2 is 1.75 bits per heavy atom. The molecule has 20 heavy (non-hydrogen) atoms. The van der Waals surface area contributed by atoms with Gasteiger partial charge in [0.05, 0.1) is 4.47 Å². The van der Waals surface area contributed by atoms with Crippen molar-refractivity contribution in [2.24, 2.45) is 0 Å². The molecule has 0 atom stereocenters. The van der Waals surface area contributed by atoms with Gasteiger partial charge in [-0.3, -0.25) is 5.32 Å². The number of carbonyl (C=O) groups is 1. The van der Waals surface area contributed by atoms with E-state index >= 15 is 0 Å². The molecule has 0 aromatic heterocycles. The Balaban J connectivity index is 2.08. The van der Waals surface area contributed by atoms with E-state index in [2.05, 4.69) is 21.2 Å². The number of hydrogen-bond acceptors (Lipinski definition) is 2. The minimum absolute atomic E-state index is 0.360. The van der Waals surface area contributed by atoms with Gasteiger partial charge in [0.15, 0.2) is 0 Å². The van der Waals surface area contributed by atoms with Crippen LogP contribution in [0.2, 0.25) is 0 Å². The van der Waals surface area contributed by atoms with Crippen LogP contribution in [0.4, 0.5) is 14.9 Å². The molecule has 2 aromatic carbocycles. The molecule has 0 aliphatic carbocycles. The van der Waals surface area contributed by atoms with E-state index < -0.39 is 6.09 Å². The lowest BCUT2D eigenvalue weighted by molar-refractivity contribution is 0.215. The van der Waals surface area contributed by atoms with Crippen molar-refractivity contribution in [2.45, 2.75) is 13.8 Å². The fraction of sp³-hybridized carbons (Fsp3) is 0.133. The van der Waals surface area contributed by atoms with E-state index in [4.69, 9.17) is 4.74 Å². The highest BCUT2D eigenvalue weighted by atomic mass is 79.9. The zero-order chi connectivity index (χ0) is 14.7. The summed E-state index contributed by atoms with van der Waals surface area (Å²) < 4.78 is 18.7. The molecule has 0 saturated heterocycles. The summed E-state index contributed by atoms with van der Waals surface area (Å²) in [6.45, 7) is 3.91. The van der Waals surface area contributed by atoms with Crippen LogP contribution in [0, 0.1) is 19.7 Å². The molecule has 1 N–H and O–H groups in total. The van der Waals surface area contributed by atoms with Gasteiger partial charge in [-0.05, 0) is 77.3 Å². The third-order valence-corrected chi connectivity index (χ3v) is 3.46. The van der Waals surface area contributed by atoms with Gasteiger partial charge >= 0.3 is 6.09 Å². The van der Waals surface area contributed by atoms with E-state index in [9.17, 15) is 9.18 Å². The average Bonchev–Trinajstić information content (AvgIpc) is 2.39. The maximum absolute atomic E-state index is 12.8. The van der Waals surface area contributed by atoms with Crippen molar-refractivity contribution < 1.29 is 13.9 Å². The first-order valence-corrected chi connectivity index (χ1v) is 6.76. The van der Waals surface area contributed by atoms with Gasteiger partial charge in [0.1, 0.15) is 11.6 Å². The quantitative estimate of drug-likeness (QED) is 0.853. The van der Waals surface area contributed by atoms with Crippen LogP contribution in [0.15, 0.2) is 40.9 Å². The summed E-state index contributed by atoms with van der Waals surface area (Å²) in [7, 11) is 0. The normalized spacial score (nSPS) is 10.2. The molecule has 0 fully saturated rings. The third-order valence-electron chi connectivity index (χ3n) is 2.84. The maximum atomic E-state index is 12.8. The Labute approximate surface area is 124 Å². The molecule has 2 aromatic rings. The summed E-state index contributed by atoms with van der Waals surface area (Å²) in [6, 6.07) is 9.13. The van der Waals surface area contributed by atoms with Gasteiger partial charge in [-0.25, -0.2) is 9.18 Å². The summed E-state index contributed by atoms with van der Waals surface area (Å²) in [5.41, 5.74) is 2.59. The van der Waals surface area contributed by atoms with Gasteiger partial charge in [-0.1, -0.05) is 0 Å². The van der Waals surface area contributed by atoms with Crippen molar-refractivity contribution in [3.63, 3.8) is 0 Å². The van der Waals surface area contributed by atoms with Gasteiger partial charge in [0.2, 0.25) is 0 Å². The second-order valence-corrected chi connectivity index (χ2v) is 5.24. The number of ether oxygens (including phenoxy) is 1. The first-order chi connectivity index (χ1) is 9.45. The largest absolute Gasteiger partial charge is 0.417 e. The summed E-state index contributed by atoms with van der Waals surface area (Å²) in [4.78, 5) is 11.8. The predicted molar refractivity (Wildman–Crippen MR) is 79.7 cm³/mol. The molecule has 0 radical (unpaired) electrons. The van der Waals surface area contributed by atoms with Crippen molar-refractivity contribution >= 4 is 27.7 Å². The van der Waals surface area contributed by atoms with E-state index in [0.717, 1.165) is 11.1 Å².